The Labute approximate surface area is 109 Å². The average molecular weight is 326 g/mol. The predicted octanol–water partition coefficient (Wildman–Crippen LogP) is 1.21. The number of hydrogen-bond donors (Lipinski definition) is 0. The van der Waals surface area contributed by atoms with Gasteiger partial charge in [0, 0.05) is 17.8 Å². The highest BCUT2D eigenvalue weighted by Crippen LogP contribution is 2.34. The Hall–Kier alpha value is -0.940. The summed E-state index contributed by atoms with van der Waals surface area (Å²) < 4.78 is 78.0. The van der Waals surface area contributed by atoms with Crippen molar-refractivity contribution in [1.29, 1.82) is 0 Å². The number of aromatic nitrogens is 3. The van der Waals surface area contributed by atoms with Gasteiger partial charge in [0.05, 0.1) is 13.2 Å². The highest BCUT2D eigenvalue weighted by atomic mass is 35.7. The van der Waals surface area contributed by atoms with Crippen LogP contribution in [0.25, 0.3) is 0 Å². The van der Waals surface area contributed by atoms with Gasteiger partial charge in [0.15, 0.2) is 0 Å². The van der Waals surface area contributed by atoms with Gasteiger partial charge in [0.1, 0.15) is 0 Å². The van der Waals surface area contributed by atoms with Crippen LogP contribution in [-0.2, 0) is 26.3 Å². The Bertz CT molecular complexity index is 548. The molecule has 0 N–H and O–H groups in total. The Morgan fingerprint density at radius 3 is 2.42 bits per heavy atom. The minimum absolute atomic E-state index is 0.218. The molecule has 0 saturated carbocycles. The molecule has 0 amide bonds. The summed E-state index contributed by atoms with van der Waals surface area (Å²) in [5.74, 6) is -6.14. The highest BCUT2D eigenvalue weighted by molar-refractivity contribution is 8.13. The molecule has 0 saturated heterocycles. The van der Waals surface area contributed by atoms with Crippen LogP contribution in [0.15, 0.2) is 5.16 Å². The first-order valence-corrected chi connectivity index (χ1v) is 6.96. The molecule has 0 fully saturated rings. The van der Waals surface area contributed by atoms with Crippen molar-refractivity contribution in [2.45, 2.75) is 24.0 Å². The van der Waals surface area contributed by atoms with Crippen LogP contribution in [0.2, 0.25) is 0 Å². The van der Waals surface area contributed by atoms with Gasteiger partial charge in [-0.3, -0.25) is 4.57 Å². The van der Waals surface area contributed by atoms with Crippen molar-refractivity contribution in [3.63, 3.8) is 0 Å². The maximum absolute atomic E-state index is 13.2. The van der Waals surface area contributed by atoms with Gasteiger partial charge >= 0.3 is 12.3 Å². The number of ether oxygens (including phenoxy) is 1. The molecule has 1 aromatic rings. The fourth-order valence-electron chi connectivity index (χ4n) is 1.20. The fourth-order valence-corrected chi connectivity index (χ4v) is 2.12. The number of alkyl halides is 4. The second-order valence-corrected chi connectivity index (χ2v) is 5.77. The third-order valence-electron chi connectivity index (χ3n) is 2.03. The van der Waals surface area contributed by atoms with Crippen LogP contribution in [0, 0.1) is 0 Å². The van der Waals surface area contributed by atoms with Gasteiger partial charge < -0.3 is 4.74 Å². The first kappa shape index (κ1) is 16.1. The number of nitrogens with zero attached hydrogens (tertiary/aromatic N) is 3. The topological polar surface area (TPSA) is 74.1 Å². The van der Waals surface area contributed by atoms with Crippen molar-refractivity contribution in [3.05, 3.63) is 5.82 Å². The van der Waals surface area contributed by atoms with E-state index >= 15 is 0 Å². The van der Waals surface area contributed by atoms with E-state index < -0.39 is 38.9 Å². The smallest absolute Gasteiger partial charge is 0.365 e. The lowest BCUT2D eigenvalue weighted by molar-refractivity contribution is -0.143. The van der Waals surface area contributed by atoms with E-state index in [1.54, 1.807) is 0 Å². The van der Waals surface area contributed by atoms with Gasteiger partial charge in [-0.25, -0.2) is 17.2 Å². The van der Waals surface area contributed by atoms with E-state index in [0.717, 1.165) is 0 Å². The second kappa shape index (κ2) is 5.59. The van der Waals surface area contributed by atoms with E-state index in [2.05, 4.69) is 14.9 Å². The number of methoxy groups -OCH3 is 1. The fraction of sp³-hybridized carbons (Fsp3) is 0.714. The Kier molecular flexibility index (Phi) is 4.74. The third-order valence-corrected chi connectivity index (χ3v) is 3.18. The summed E-state index contributed by atoms with van der Waals surface area (Å²) in [6.07, 6.45) is -4.07. The van der Waals surface area contributed by atoms with Gasteiger partial charge in [0.25, 0.3) is 14.2 Å². The van der Waals surface area contributed by atoms with Gasteiger partial charge in [-0.15, -0.1) is 10.2 Å². The van der Waals surface area contributed by atoms with Crippen molar-refractivity contribution >= 4 is 19.7 Å². The van der Waals surface area contributed by atoms with Gasteiger partial charge in [0.2, 0.25) is 5.82 Å². The summed E-state index contributed by atoms with van der Waals surface area (Å²) in [5.41, 5.74) is 0. The van der Waals surface area contributed by atoms with Crippen LogP contribution in [0.4, 0.5) is 17.6 Å². The lowest BCUT2D eigenvalue weighted by Crippen LogP contribution is -2.29. The largest absolute Gasteiger partial charge is 0.383 e. The molecular formula is C7H8ClF4N3O3S. The van der Waals surface area contributed by atoms with Crippen molar-refractivity contribution < 1.29 is 30.7 Å². The van der Waals surface area contributed by atoms with Gasteiger partial charge in [-0.1, -0.05) is 0 Å². The molecule has 0 radical (unpaired) electrons. The van der Waals surface area contributed by atoms with E-state index in [1.807, 2.05) is 0 Å². The lowest BCUT2D eigenvalue weighted by Gasteiger charge is -2.16. The van der Waals surface area contributed by atoms with E-state index in [-0.39, 0.29) is 11.2 Å². The van der Waals surface area contributed by atoms with Crippen LogP contribution in [0.3, 0.4) is 0 Å². The molecule has 6 nitrogen and oxygen atoms in total. The number of rotatable bonds is 6. The van der Waals surface area contributed by atoms with Gasteiger partial charge in [-0.05, 0) is 0 Å². The quantitative estimate of drug-likeness (QED) is 0.580. The lowest BCUT2D eigenvalue weighted by atomic mass is 10.3. The molecule has 0 atom stereocenters. The molecule has 0 aliphatic rings. The molecule has 110 valence electrons. The van der Waals surface area contributed by atoms with Crippen molar-refractivity contribution in [2.75, 3.05) is 13.7 Å². The molecule has 0 aliphatic heterocycles. The van der Waals surface area contributed by atoms with Gasteiger partial charge in [-0.2, -0.15) is 8.78 Å². The zero-order chi connectivity index (χ0) is 14.8. The highest BCUT2D eigenvalue weighted by Gasteiger charge is 2.48. The monoisotopic (exact) mass is 325 g/mol. The van der Waals surface area contributed by atoms with Crippen molar-refractivity contribution in [2.24, 2.45) is 0 Å². The van der Waals surface area contributed by atoms with Crippen LogP contribution in [0.5, 0.6) is 0 Å². The Morgan fingerprint density at radius 2 is 2.00 bits per heavy atom. The zero-order valence-corrected chi connectivity index (χ0v) is 10.9. The number of halogens is 5. The van der Waals surface area contributed by atoms with Crippen molar-refractivity contribution in [3.8, 4) is 0 Å². The first-order valence-electron chi connectivity index (χ1n) is 4.65. The minimum Gasteiger partial charge on any atom is -0.383 e. The third kappa shape index (κ3) is 3.34. The Morgan fingerprint density at radius 1 is 1.42 bits per heavy atom. The summed E-state index contributed by atoms with van der Waals surface area (Å²) >= 11 is 0. The van der Waals surface area contributed by atoms with E-state index in [4.69, 9.17) is 10.7 Å². The molecule has 0 unspecified atom stereocenters. The molecule has 0 aliphatic carbocycles. The minimum atomic E-state index is -4.65. The summed E-state index contributed by atoms with van der Waals surface area (Å²) in [6, 6.07) is 0. The van der Waals surface area contributed by atoms with Crippen LogP contribution >= 0.6 is 10.7 Å². The molecule has 19 heavy (non-hydrogen) atoms. The standard InChI is InChI=1S/C7H8ClF4N3O3S/c1-18-3-2-15-5(7(11,12)4(9)10)13-14-6(15)19(8,16)17/h4H,2-3H2,1H3. The summed E-state index contributed by atoms with van der Waals surface area (Å²) in [7, 11) is 1.67. The van der Waals surface area contributed by atoms with E-state index in [0.29, 0.717) is 0 Å². The summed E-state index contributed by atoms with van der Waals surface area (Å²) in [4.78, 5) is 0. The SMILES string of the molecule is COCCn1c(C(F)(F)C(F)F)nnc1S(=O)(=O)Cl. The summed E-state index contributed by atoms with van der Waals surface area (Å²) in [6.45, 7) is -0.688. The van der Waals surface area contributed by atoms with Crippen LogP contribution in [0.1, 0.15) is 5.82 Å². The second-order valence-electron chi connectivity index (χ2n) is 3.31. The average Bonchev–Trinajstić information content (AvgIpc) is 2.69. The van der Waals surface area contributed by atoms with Crippen LogP contribution in [-0.4, -0.2) is 43.3 Å². The molecule has 12 heteroatoms. The first-order chi connectivity index (χ1) is 8.62. The molecule has 0 aromatic carbocycles. The molecule has 0 bridgehead atoms. The maximum atomic E-state index is 13.2. The normalized spacial score (nSPS) is 13.2. The summed E-state index contributed by atoms with van der Waals surface area (Å²) in [5, 5.41) is 4.67. The molecule has 1 heterocycles. The maximum Gasteiger partial charge on any atom is 0.365 e. The zero-order valence-electron chi connectivity index (χ0n) is 9.36. The molecule has 0 spiro atoms. The molecule has 1 rings (SSSR count). The predicted molar refractivity (Wildman–Crippen MR) is 54.8 cm³/mol. The van der Waals surface area contributed by atoms with Crippen molar-refractivity contribution in [1.82, 2.24) is 14.8 Å². The number of hydrogen-bond acceptors (Lipinski definition) is 5. The van der Waals surface area contributed by atoms with E-state index in [9.17, 15) is 26.0 Å². The Balaban J connectivity index is 3.38. The van der Waals surface area contributed by atoms with E-state index in [1.165, 1.54) is 7.11 Å². The van der Waals surface area contributed by atoms with Crippen LogP contribution < -0.4 is 0 Å². The molecular weight excluding hydrogens is 318 g/mol. The molecule has 1 aromatic heterocycles.